The maximum absolute atomic E-state index is 13.4. The van der Waals surface area contributed by atoms with Gasteiger partial charge >= 0.3 is 0 Å². The van der Waals surface area contributed by atoms with Crippen LogP contribution < -0.4 is 10.1 Å². The maximum atomic E-state index is 13.4. The molecule has 1 N–H and O–H groups in total. The topological polar surface area (TPSA) is 67.9 Å². The van der Waals surface area contributed by atoms with Crippen LogP contribution in [0.25, 0.3) is 0 Å². The first-order valence-corrected chi connectivity index (χ1v) is 9.55. The molecule has 2 saturated carbocycles. The fraction of sp³-hybridized carbons (Fsp3) is 0.600. The second-order valence-electron chi connectivity index (χ2n) is 7.52. The van der Waals surface area contributed by atoms with E-state index in [1.165, 1.54) is 0 Å². The third-order valence-electron chi connectivity index (χ3n) is 5.66. The Bertz CT molecular complexity index is 695. The van der Waals surface area contributed by atoms with Crippen LogP contribution in [-0.4, -0.2) is 48.2 Å². The zero-order valence-corrected chi connectivity index (χ0v) is 15.2. The van der Waals surface area contributed by atoms with Gasteiger partial charge in [-0.15, -0.1) is 0 Å². The Hall–Kier alpha value is -2.08. The lowest BCUT2D eigenvalue weighted by Gasteiger charge is -2.41. The highest BCUT2D eigenvalue weighted by Gasteiger charge is 2.53. The summed E-state index contributed by atoms with van der Waals surface area (Å²) in [5, 5.41) is 3.04. The smallest absolute Gasteiger partial charge is 0.257 e. The van der Waals surface area contributed by atoms with Crippen LogP contribution in [-0.2, 0) is 9.53 Å². The monoisotopic (exact) mass is 358 g/mol. The van der Waals surface area contributed by atoms with Crippen LogP contribution in [0.5, 0.6) is 5.75 Å². The highest BCUT2D eigenvalue weighted by Crippen LogP contribution is 2.41. The van der Waals surface area contributed by atoms with Gasteiger partial charge in [-0.1, -0.05) is 12.5 Å². The number of carbonyl (C=O) groups is 2. The minimum atomic E-state index is -0.649. The van der Waals surface area contributed by atoms with Crippen LogP contribution in [0.1, 0.15) is 55.3 Å². The summed E-state index contributed by atoms with van der Waals surface area (Å²) in [5.74, 6) is 0.387. The predicted molar refractivity (Wildman–Crippen MR) is 95.9 cm³/mol. The third-order valence-corrected chi connectivity index (χ3v) is 5.66. The summed E-state index contributed by atoms with van der Waals surface area (Å²) in [7, 11) is 1.58. The highest BCUT2D eigenvalue weighted by atomic mass is 16.5. The Morgan fingerprint density at radius 2 is 2.00 bits per heavy atom. The Morgan fingerprint density at radius 1 is 1.23 bits per heavy atom. The van der Waals surface area contributed by atoms with Crippen molar-refractivity contribution in [3.63, 3.8) is 0 Å². The molecule has 1 aromatic rings. The molecule has 140 valence electrons. The molecule has 1 aliphatic heterocycles. The molecule has 1 spiro atoms. The Balaban J connectivity index is 1.65. The molecule has 2 amide bonds. The summed E-state index contributed by atoms with van der Waals surface area (Å²) >= 11 is 0. The number of benzene rings is 1. The fourth-order valence-electron chi connectivity index (χ4n) is 4.09. The van der Waals surface area contributed by atoms with Crippen molar-refractivity contribution in [1.82, 2.24) is 10.2 Å². The largest absolute Gasteiger partial charge is 0.497 e. The predicted octanol–water partition coefficient (Wildman–Crippen LogP) is 2.48. The summed E-state index contributed by atoms with van der Waals surface area (Å²) < 4.78 is 11.4. The molecule has 1 saturated heterocycles. The quantitative estimate of drug-likeness (QED) is 0.898. The van der Waals surface area contributed by atoms with Gasteiger partial charge in [0.1, 0.15) is 17.5 Å². The van der Waals surface area contributed by atoms with Crippen LogP contribution in [0.15, 0.2) is 24.3 Å². The number of amides is 2. The molecule has 0 aromatic heterocycles. The minimum absolute atomic E-state index is 0.0915. The Kier molecular flexibility index (Phi) is 4.61. The van der Waals surface area contributed by atoms with Crippen molar-refractivity contribution in [2.75, 3.05) is 13.7 Å². The summed E-state index contributed by atoms with van der Waals surface area (Å²) in [6.45, 7) is 0.272. The first kappa shape index (κ1) is 17.3. The molecular formula is C20H26N2O4. The van der Waals surface area contributed by atoms with Crippen molar-refractivity contribution < 1.29 is 19.1 Å². The van der Waals surface area contributed by atoms with Crippen molar-refractivity contribution in [3.8, 4) is 5.75 Å². The van der Waals surface area contributed by atoms with Crippen molar-refractivity contribution in [2.45, 2.75) is 62.8 Å². The van der Waals surface area contributed by atoms with E-state index in [9.17, 15) is 9.59 Å². The van der Waals surface area contributed by atoms with Gasteiger partial charge in [-0.25, -0.2) is 0 Å². The standard InChI is InChI=1S/C20H26N2O4/c1-25-16-7-5-6-14(12-16)19(24)22-17(18(23)21-15-8-9-15)13-26-20(22)10-3-2-4-11-20/h5-7,12,15,17H,2-4,8-11,13H2,1H3,(H,21,23). The summed E-state index contributed by atoms with van der Waals surface area (Å²) in [6, 6.07) is 6.81. The number of methoxy groups -OCH3 is 1. The fourth-order valence-corrected chi connectivity index (χ4v) is 4.09. The summed E-state index contributed by atoms with van der Waals surface area (Å²) in [6.07, 6.45) is 6.79. The Labute approximate surface area is 153 Å². The van der Waals surface area contributed by atoms with E-state index in [1.807, 2.05) is 6.07 Å². The number of rotatable bonds is 4. The van der Waals surface area contributed by atoms with Crippen LogP contribution in [0.2, 0.25) is 0 Å². The summed E-state index contributed by atoms with van der Waals surface area (Å²) in [4.78, 5) is 27.9. The molecule has 0 radical (unpaired) electrons. The van der Waals surface area contributed by atoms with E-state index in [4.69, 9.17) is 9.47 Å². The van der Waals surface area contributed by atoms with E-state index in [1.54, 1.807) is 30.2 Å². The van der Waals surface area contributed by atoms with Gasteiger partial charge in [0.05, 0.1) is 13.7 Å². The van der Waals surface area contributed by atoms with Gasteiger partial charge < -0.3 is 14.8 Å². The minimum Gasteiger partial charge on any atom is -0.497 e. The maximum Gasteiger partial charge on any atom is 0.257 e. The number of hydrogen-bond acceptors (Lipinski definition) is 4. The van der Waals surface area contributed by atoms with Gasteiger partial charge in [0.15, 0.2) is 0 Å². The molecular weight excluding hydrogens is 332 g/mol. The normalized spacial score (nSPS) is 24.5. The number of ether oxygens (including phenoxy) is 2. The average molecular weight is 358 g/mol. The van der Waals surface area contributed by atoms with E-state index in [0.29, 0.717) is 11.3 Å². The van der Waals surface area contributed by atoms with Crippen molar-refractivity contribution in [3.05, 3.63) is 29.8 Å². The van der Waals surface area contributed by atoms with E-state index >= 15 is 0 Å². The molecule has 3 fully saturated rings. The van der Waals surface area contributed by atoms with Crippen molar-refractivity contribution in [1.29, 1.82) is 0 Å². The van der Waals surface area contributed by atoms with Crippen LogP contribution in [0, 0.1) is 0 Å². The van der Waals surface area contributed by atoms with Gasteiger partial charge in [0.25, 0.3) is 5.91 Å². The first-order valence-electron chi connectivity index (χ1n) is 9.55. The number of hydrogen-bond donors (Lipinski definition) is 1. The molecule has 0 bridgehead atoms. The van der Waals surface area contributed by atoms with Crippen molar-refractivity contribution >= 4 is 11.8 Å². The van der Waals surface area contributed by atoms with Crippen LogP contribution >= 0.6 is 0 Å². The molecule has 26 heavy (non-hydrogen) atoms. The second-order valence-corrected chi connectivity index (χ2v) is 7.52. The lowest BCUT2D eigenvalue weighted by Crippen LogP contribution is -2.56. The number of nitrogens with zero attached hydrogens (tertiary/aromatic N) is 1. The molecule has 4 rings (SSSR count). The van der Waals surface area contributed by atoms with Gasteiger partial charge in [0, 0.05) is 11.6 Å². The van der Waals surface area contributed by atoms with E-state index < -0.39 is 11.8 Å². The third kappa shape index (κ3) is 3.18. The highest BCUT2D eigenvalue weighted by molar-refractivity contribution is 5.98. The van der Waals surface area contributed by atoms with Crippen LogP contribution in [0.3, 0.4) is 0 Å². The van der Waals surface area contributed by atoms with E-state index in [0.717, 1.165) is 44.9 Å². The zero-order valence-electron chi connectivity index (χ0n) is 15.2. The van der Waals surface area contributed by atoms with E-state index in [2.05, 4.69) is 5.32 Å². The lowest BCUT2D eigenvalue weighted by molar-refractivity contribution is -0.127. The van der Waals surface area contributed by atoms with Gasteiger partial charge in [0.2, 0.25) is 5.91 Å². The first-order chi connectivity index (χ1) is 12.6. The number of carbonyl (C=O) groups excluding carboxylic acids is 2. The second kappa shape index (κ2) is 6.91. The molecule has 6 nitrogen and oxygen atoms in total. The molecule has 2 aliphatic carbocycles. The molecule has 1 atom stereocenters. The van der Waals surface area contributed by atoms with Crippen molar-refractivity contribution in [2.24, 2.45) is 0 Å². The van der Waals surface area contributed by atoms with E-state index in [-0.39, 0.29) is 24.5 Å². The van der Waals surface area contributed by atoms with Gasteiger partial charge in [-0.05, 0) is 56.7 Å². The average Bonchev–Trinajstić information content (AvgIpc) is 3.42. The number of nitrogens with one attached hydrogen (secondary N) is 1. The Morgan fingerprint density at radius 3 is 2.69 bits per heavy atom. The molecule has 6 heteroatoms. The summed E-state index contributed by atoms with van der Waals surface area (Å²) in [5.41, 5.74) is -0.117. The molecule has 1 heterocycles. The molecule has 1 aromatic carbocycles. The van der Waals surface area contributed by atoms with Crippen LogP contribution in [0.4, 0.5) is 0 Å². The van der Waals surface area contributed by atoms with Gasteiger partial charge in [-0.2, -0.15) is 0 Å². The van der Waals surface area contributed by atoms with Gasteiger partial charge in [-0.3, -0.25) is 14.5 Å². The SMILES string of the molecule is COc1cccc(C(=O)N2C(C(=O)NC3CC3)COC23CCCCC3)c1. The molecule has 1 unspecified atom stereocenters. The lowest BCUT2D eigenvalue weighted by atomic mass is 9.89. The zero-order chi connectivity index (χ0) is 18.1. The molecule has 3 aliphatic rings.